The monoisotopic (exact) mass is 366 g/mol. The van der Waals surface area contributed by atoms with Crippen LogP contribution in [-0.4, -0.2) is 60.9 Å². The van der Waals surface area contributed by atoms with Gasteiger partial charge in [0.15, 0.2) is 5.82 Å². The summed E-state index contributed by atoms with van der Waals surface area (Å²) in [6.45, 7) is 3.83. The van der Waals surface area contributed by atoms with Crippen molar-refractivity contribution in [2.75, 3.05) is 33.9 Å². The predicted octanol–water partition coefficient (Wildman–Crippen LogP) is 0.465. The Balaban J connectivity index is 1.85. The van der Waals surface area contributed by atoms with E-state index >= 15 is 0 Å². The van der Waals surface area contributed by atoms with Gasteiger partial charge >= 0.3 is 0 Å². The number of aliphatic hydroxyl groups excluding tert-OH is 1. The average molecular weight is 366 g/mol. The zero-order valence-corrected chi connectivity index (χ0v) is 15.3. The summed E-state index contributed by atoms with van der Waals surface area (Å²) in [5.74, 6) is 0.816. The smallest absolute Gasteiger partial charge is 0.261 e. The number of hydrogen-bond donors (Lipinski definition) is 3. The summed E-state index contributed by atoms with van der Waals surface area (Å²) in [5.41, 5.74) is 0.795. The lowest BCUT2D eigenvalue weighted by Gasteiger charge is -2.13. The van der Waals surface area contributed by atoms with Crippen LogP contribution in [0.1, 0.15) is 21.1 Å². The Hall–Kier alpha value is -1.81. The lowest BCUT2D eigenvalue weighted by molar-refractivity contribution is 0.0930. The van der Waals surface area contributed by atoms with Crippen LogP contribution in [0, 0.1) is 12.8 Å². The zero-order chi connectivity index (χ0) is 18.0. The molecule has 1 saturated heterocycles. The molecule has 9 heteroatoms. The van der Waals surface area contributed by atoms with Crippen molar-refractivity contribution in [3.63, 3.8) is 0 Å². The maximum atomic E-state index is 12.6. The number of aromatic nitrogens is 2. The van der Waals surface area contributed by atoms with Crippen molar-refractivity contribution < 1.29 is 19.4 Å². The molecule has 3 heterocycles. The molecular weight excluding hydrogens is 344 g/mol. The Labute approximate surface area is 149 Å². The molecule has 1 amide bonds. The van der Waals surface area contributed by atoms with Gasteiger partial charge in [0.2, 0.25) is 5.88 Å². The second-order valence-corrected chi connectivity index (χ2v) is 7.01. The molecule has 0 saturated carbocycles. The van der Waals surface area contributed by atoms with Crippen LogP contribution < -0.4 is 15.4 Å². The second kappa shape index (κ2) is 7.61. The summed E-state index contributed by atoms with van der Waals surface area (Å²) in [6.07, 6.45) is -0.425. The molecule has 2 aromatic heterocycles. The van der Waals surface area contributed by atoms with Crippen LogP contribution in [0.3, 0.4) is 0 Å². The number of ether oxygens (including phenoxy) is 2. The van der Waals surface area contributed by atoms with E-state index in [9.17, 15) is 9.90 Å². The topological polar surface area (TPSA) is 106 Å². The summed E-state index contributed by atoms with van der Waals surface area (Å²) in [6, 6.07) is 0. The van der Waals surface area contributed by atoms with E-state index in [2.05, 4.69) is 20.6 Å². The fraction of sp³-hybridized carbons (Fsp3) is 0.562. The fourth-order valence-corrected chi connectivity index (χ4v) is 4.04. The first-order valence-corrected chi connectivity index (χ1v) is 8.86. The number of rotatable bonds is 6. The van der Waals surface area contributed by atoms with Crippen LogP contribution in [0.2, 0.25) is 0 Å². The van der Waals surface area contributed by atoms with E-state index < -0.39 is 6.10 Å². The number of hydrogen-bond acceptors (Lipinski definition) is 8. The van der Waals surface area contributed by atoms with Gasteiger partial charge in [-0.15, -0.1) is 11.3 Å². The van der Waals surface area contributed by atoms with Gasteiger partial charge in [-0.3, -0.25) is 4.79 Å². The van der Waals surface area contributed by atoms with Crippen LogP contribution in [0.5, 0.6) is 5.88 Å². The fourth-order valence-electron chi connectivity index (χ4n) is 2.93. The number of β-amino-alcohol motifs (C(OH)–C–C–N with tert-alkyl or cyclic N) is 1. The highest BCUT2D eigenvalue weighted by molar-refractivity contribution is 7.20. The highest BCUT2D eigenvalue weighted by Crippen LogP contribution is 2.35. The molecule has 2 aromatic rings. The number of aryl methyl sites for hydroxylation is 1. The molecule has 1 fully saturated rings. The third-order valence-corrected chi connectivity index (χ3v) is 5.49. The molecule has 1 aliphatic rings. The summed E-state index contributed by atoms with van der Waals surface area (Å²) in [5, 5.41) is 16.6. The Morgan fingerprint density at radius 2 is 2.20 bits per heavy atom. The average Bonchev–Trinajstić information content (AvgIpc) is 3.16. The molecule has 0 radical (unpaired) electrons. The number of thiophene rings is 1. The lowest BCUT2D eigenvalue weighted by atomic mass is 10.1. The molecule has 25 heavy (non-hydrogen) atoms. The molecule has 8 nitrogen and oxygen atoms in total. The number of amides is 1. The van der Waals surface area contributed by atoms with Crippen molar-refractivity contribution in [2.24, 2.45) is 5.92 Å². The van der Waals surface area contributed by atoms with Gasteiger partial charge in [0.05, 0.1) is 23.5 Å². The quantitative estimate of drug-likeness (QED) is 0.682. The molecule has 136 valence electrons. The SMILES string of the molecule is COCc1nc(OC)c2c(C)c(C(=O)NCC3CNCC3O)sc2n1. The molecular formula is C16H22N4O4S. The van der Waals surface area contributed by atoms with E-state index in [1.54, 1.807) is 14.2 Å². The number of nitrogens with zero attached hydrogens (tertiary/aromatic N) is 2. The van der Waals surface area contributed by atoms with Gasteiger partial charge in [-0.25, -0.2) is 4.98 Å². The Bertz CT molecular complexity index is 779. The Morgan fingerprint density at radius 3 is 2.84 bits per heavy atom. The normalized spacial score (nSPS) is 20.2. The Morgan fingerprint density at radius 1 is 1.40 bits per heavy atom. The van der Waals surface area contributed by atoms with Gasteiger partial charge in [0.25, 0.3) is 5.91 Å². The predicted molar refractivity (Wildman–Crippen MR) is 94.1 cm³/mol. The maximum Gasteiger partial charge on any atom is 0.261 e. The van der Waals surface area contributed by atoms with Crippen LogP contribution in [-0.2, 0) is 11.3 Å². The molecule has 2 unspecified atom stereocenters. The lowest BCUT2D eigenvalue weighted by Crippen LogP contribution is -2.34. The maximum absolute atomic E-state index is 12.6. The van der Waals surface area contributed by atoms with Crippen LogP contribution in [0.25, 0.3) is 10.2 Å². The highest BCUT2D eigenvalue weighted by Gasteiger charge is 2.26. The minimum absolute atomic E-state index is 0.0290. The van der Waals surface area contributed by atoms with Crippen molar-refractivity contribution in [3.05, 3.63) is 16.3 Å². The van der Waals surface area contributed by atoms with Crippen molar-refractivity contribution in [3.8, 4) is 5.88 Å². The molecule has 1 aliphatic heterocycles. The molecule has 0 aliphatic carbocycles. The number of carbonyl (C=O) groups excluding carboxylic acids is 1. The number of fused-ring (bicyclic) bond motifs is 1. The first-order valence-electron chi connectivity index (χ1n) is 8.05. The summed E-state index contributed by atoms with van der Waals surface area (Å²) in [7, 11) is 3.12. The Kier molecular flexibility index (Phi) is 5.48. The van der Waals surface area contributed by atoms with Crippen LogP contribution >= 0.6 is 11.3 Å². The van der Waals surface area contributed by atoms with E-state index in [0.29, 0.717) is 41.0 Å². The third-order valence-electron chi connectivity index (χ3n) is 4.31. The van der Waals surface area contributed by atoms with Gasteiger partial charge in [-0.05, 0) is 12.5 Å². The first kappa shape index (κ1) is 18.0. The standard InChI is InChI=1S/C16H22N4O4S/c1-8-12-15(24-3)19-11(7-23-2)20-16(12)25-13(8)14(22)18-5-9-4-17-6-10(9)21/h9-10,17,21H,4-7H2,1-3H3,(H,18,22). The third kappa shape index (κ3) is 3.59. The minimum atomic E-state index is -0.425. The molecule has 2 atom stereocenters. The van der Waals surface area contributed by atoms with Gasteiger partial charge in [0.1, 0.15) is 11.4 Å². The van der Waals surface area contributed by atoms with Crippen LogP contribution in [0.15, 0.2) is 0 Å². The van der Waals surface area contributed by atoms with Gasteiger partial charge in [-0.1, -0.05) is 0 Å². The second-order valence-electron chi connectivity index (χ2n) is 6.01. The molecule has 0 bridgehead atoms. The van der Waals surface area contributed by atoms with Crippen molar-refractivity contribution in [2.45, 2.75) is 19.6 Å². The largest absolute Gasteiger partial charge is 0.480 e. The van der Waals surface area contributed by atoms with E-state index in [1.807, 2.05) is 6.92 Å². The van der Waals surface area contributed by atoms with E-state index in [0.717, 1.165) is 10.9 Å². The number of carbonyl (C=O) groups is 1. The molecule has 3 N–H and O–H groups in total. The van der Waals surface area contributed by atoms with Gasteiger partial charge in [0, 0.05) is 32.7 Å². The highest BCUT2D eigenvalue weighted by atomic mass is 32.1. The van der Waals surface area contributed by atoms with Gasteiger partial charge in [-0.2, -0.15) is 4.98 Å². The first-order chi connectivity index (χ1) is 12.0. The van der Waals surface area contributed by atoms with E-state index in [-0.39, 0.29) is 18.4 Å². The molecule has 3 rings (SSSR count). The van der Waals surface area contributed by atoms with Gasteiger partial charge < -0.3 is 25.2 Å². The number of methoxy groups -OCH3 is 2. The number of aliphatic hydroxyl groups is 1. The minimum Gasteiger partial charge on any atom is -0.480 e. The number of nitrogens with one attached hydrogen (secondary N) is 2. The molecule has 0 aromatic carbocycles. The van der Waals surface area contributed by atoms with Crippen molar-refractivity contribution >= 4 is 27.5 Å². The van der Waals surface area contributed by atoms with Crippen molar-refractivity contribution in [1.29, 1.82) is 0 Å². The summed E-state index contributed by atoms with van der Waals surface area (Å²) in [4.78, 5) is 22.7. The van der Waals surface area contributed by atoms with Crippen molar-refractivity contribution in [1.82, 2.24) is 20.6 Å². The summed E-state index contributed by atoms with van der Waals surface area (Å²) < 4.78 is 10.5. The summed E-state index contributed by atoms with van der Waals surface area (Å²) >= 11 is 1.31. The van der Waals surface area contributed by atoms with E-state index in [4.69, 9.17) is 9.47 Å². The molecule has 0 spiro atoms. The van der Waals surface area contributed by atoms with Crippen LogP contribution in [0.4, 0.5) is 0 Å². The van der Waals surface area contributed by atoms with E-state index in [1.165, 1.54) is 11.3 Å². The zero-order valence-electron chi connectivity index (χ0n) is 14.5.